The predicted molar refractivity (Wildman–Crippen MR) is 162 cm³/mol. The Kier molecular flexibility index (Phi) is 6.29. The monoisotopic (exact) mass is 598 g/mol. The van der Waals surface area contributed by atoms with Crippen molar-refractivity contribution >= 4 is 54.4 Å². The molecule has 4 heterocycles. The molecule has 0 saturated carbocycles. The van der Waals surface area contributed by atoms with Gasteiger partial charge < -0.3 is 4.40 Å². The van der Waals surface area contributed by atoms with Crippen LogP contribution in [0.15, 0.2) is 102 Å². The first kappa shape index (κ1) is 25.1. The molecule has 0 bridgehead atoms. The molecular weight excluding hydrogens is 576 g/mol. The molecule has 41 heavy (non-hydrogen) atoms. The molecule has 0 radical (unpaired) electrons. The minimum absolute atomic E-state index is 0.0382. The van der Waals surface area contributed by atoms with Crippen LogP contribution in [0, 0.1) is 17.2 Å². The van der Waals surface area contributed by atoms with Gasteiger partial charge in [0.2, 0.25) is 0 Å². The second-order valence-corrected chi connectivity index (χ2v) is 11.1. The largest absolute Gasteiger partial charge is 0.305 e. The van der Waals surface area contributed by atoms with Gasteiger partial charge in [-0.15, -0.1) is 0 Å². The zero-order valence-corrected chi connectivity index (χ0v) is 23.5. The lowest BCUT2D eigenvalue weighted by molar-refractivity contribution is 0.0903. The summed E-state index contributed by atoms with van der Waals surface area (Å²) < 4.78 is 4.29. The number of hydrogen-bond acceptors (Lipinski definition) is 5. The van der Waals surface area contributed by atoms with Crippen molar-refractivity contribution in [2.24, 2.45) is 5.92 Å². The van der Waals surface area contributed by atoms with Crippen LogP contribution in [-0.2, 0) is 12.8 Å². The third kappa shape index (κ3) is 4.54. The quantitative estimate of drug-likeness (QED) is 0.158. The van der Waals surface area contributed by atoms with Crippen molar-refractivity contribution in [2.45, 2.75) is 19.3 Å². The van der Waals surface area contributed by atoms with Gasteiger partial charge in [-0.1, -0.05) is 48.5 Å². The zero-order chi connectivity index (χ0) is 27.9. The normalized spacial score (nSPS) is 14.5. The average Bonchev–Trinajstić information content (AvgIpc) is 3.64. The van der Waals surface area contributed by atoms with E-state index in [1.165, 1.54) is 32.7 Å². The van der Waals surface area contributed by atoms with Crippen LogP contribution in [0.4, 0.5) is 0 Å². The molecule has 7 nitrogen and oxygen atoms in total. The Morgan fingerprint density at radius 1 is 1.00 bits per heavy atom. The summed E-state index contributed by atoms with van der Waals surface area (Å²) in [5.41, 5.74) is 5.46. The van der Waals surface area contributed by atoms with Crippen molar-refractivity contribution in [3.63, 3.8) is 0 Å². The van der Waals surface area contributed by atoms with E-state index in [0.29, 0.717) is 17.0 Å². The number of carbonyl (C=O) groups is 1. The molecule has 0 saturated heterocycles. The van der Waals surface area contributed by atoms with Gasteiger partial charge in [0.15, 0.2) is 11.4 Å². The van der Waals surface area contributed by atoms with Crippen LogP contribution in [0.1, 0.15) is 33.7 Å². The molecule has 1 atom stereocenters. The van der Waals surface area contributed by atoms with Gasteiger partial charge in [0.25, 0.3) is 0 Å². The van der Waals surface area contributed by atoms with Crippen molar-refractivity contribution in [1.29, 1.82) is 5.26 Å². The smallest absolute Gasteiger partial charge is 0.186 e. The maximum atomic E-state index is 13.2. The first-order valence-electron chi connectivity index (χ1n) is 13.4. The third-order valence-corrected chi connectivity index (χ3v) is 8.23. The van der Waals surface area contributed by atoms with E-state index in [0.717, 1.165) is 29.3 Å². The van der Waals surface area contributed by atoms with Gasteiger partial charge in [-0.3, -0.25) is 9.78 Å². The van der Waals surface area contributed by atoms with Crippen LogP contribution >= 0.6 is 15.9 Å². The van der Waals surface area contributed by atoms with E-state index in [2.05, 4.69) is 85.6 Å². The highest BCUT2D eigenvalue weighted by atomic mass is 79.9. The molecule has 8 heteroatoms. The number of nitriles is 1. The van der Waals surface area contributed by atoms with Gasteiger partial charge in [-0.05, 0) is 80.0 Å². The van der Waals surface area contributed by atoms with E-state index in [-0.39, 0.29) is 11.7 Å². The molecule has 0 spiro atoms. The third-order valence-electron chi connectivity index (χ3n) is 7.82. The minimum Gasteiger partial charge on any atom is -0.305 e. The highest BCUT2D eigenvalue weighted by Gasteiger charge is 2.28. The number of fused-ring (bicyclic) bond motifs is 7. The molecule has 4 aromatic heterocycles. The average molecular weight is 599 g/mol. The van der Waals surface area contributed by atoms with Crippen LogP contribution in [0.3, 0.4) is 0 Å². The molecule has 0 fully saturated rings. The van der Waals surface area contributed by atoms with Crippen molar-refractivity contribution in [2.75, 3.05) is 0 Å². The van der Waals surface area contributed by atoms with Gasteiger partial charge >= 0.3 is 0 Å². The van der Waals surface area contributed by atoms with Crippen LogP contribution in [-0.4, -0.2) is 29.8 Å². The summed E-state index contributed by atoms with van der Waals surface area (Å²) in [6, 6.07) is 24.9. The predicted octanol–water partition coefficient (Wildman–Crippen LogP) is 6.99. The molecule has 1 aliphatic rings. The number of nitrogens with zero attached hydrogens (tertiary/aromatic N) is 6. The van der Waals surface area contributed by atoms with E-state index in [9.17, 15) is 4.79 Å². The van der Waals surface area contributed by atoms with Crippen molar-refractivity contribution in [3.8, 4) is 6.07 Å². The summed E-state index contributed by atoms with van der Waals surface area (Å²) in [7, 11) is 0. The van der Waals surface area contributed by atoms with E-state index in [4.69, 9.17) is 5.26 Å². The number of hydrogen-bond donors (Lipinski definition) is 0. The molecule has 1 aliphatic carbocycles. The second-order valence-electron chi connectivity index (χ2n) is 10.2. The fourth-order valence-electron chi connectivity index (χ4n) is 5.83. The number of benzene rings is 3. The molecule has 0 amide bonds. The molecular formula is C33H23BrN6O. The van der Waals surface area contributed by atoms with Gasteiger partial charge in [0.1, 0.15) is 17.5 Å². The summed E-state index contributed by atoms with van der Waals surface area (Å²) in [6.07, 6.45) is 11.2. The summed E-state index contributed by atoms with van der Waals surface area (Å²) >= 11 is 3.40. The van der Waals surface area contributed by atoms with Gasteiger partial charge in [0.05, 0.1) is 16.2 Å². The van der Waals surface area contributed by atoms with Crippen LogP contribution in [0.5, 0.6) is 0 Å². The number of aryl methyl sites for hydroxylation is 1. The number of Topliss-reactive ketones (excluding diaryl/α,β-unsaturated/α-hetero) is 1. The summed E-state index contributed by atoms with van der Waals surface area (Å²) in [5, 5.41) is 18.3. The lowest BCUT2D eigenvalue weighted by Crippen LogP contribution is -2.23. The first-order valence-corrected chi connectivity index (χ1v) is 14.2. The first-order chi connectivity index (χ1) is 20.1. The Balaban J connectivity index is 0.000000210. The SMILES string of the molecule is N#Cc1ccc2cnccn12.O=C(c1cc2ncc(Br)cn2n1)C1CCc2c(ccc3c2ccc2ccccc23)C1. The number of aromatic nitrogens is 5. The van der Waals surface area contributed by atoms with Gasteiger partial charge in [-0.2, -0.15) is 10.4 Å². The van der Waals surface area contributed by atoms with E-state index in [1.807, 2.05) is 12.3 Å². The fraction of sp³-hybridized carbons (Fsp3) is 0.121. The molecule has 1 unspecified atom stereocenters. The van der Waals surface area contributed by atoms with Crippen LogP contribution in [0.25, 0.3) is 32.7 Å². The topological polar surface area (TPSA) is 88.4 Å². The maximum absolute atomic E-state index is 13.2. The fourth-order valence-corrected chi connectivity index (χ4v) is 6.12. The molecule has 8 rings (SSSR count). The summed E-state index contributed by atoms with van der Waals surface area (Å²) in [6.45, 7) is 0. The number of carbonyl (C=O) groups excluding carboxylic acids is 1. The van der Waals surface area contributed by atoms with E-state index >= 15 is 0 Å². The van der Waals surface area contributed by atoms with Crippen molar-refractivity contribution in [1.82, 2.24) is 24.0 Å². The standard InChI is InChI=1S/C25H18BrN3O.C8H5N3/c26-18-13-27-24-12-23(28-29(24)14-18)25(30)17-7-8-20-16(11-17)6-10-21-19-4-2-1-3-15(19)5-9-22(20)21;9-5-7-1-2-8-6-10-3-4-11(7)8/h1-6,9-10,12-14,17H,7-8,11H2;1-4,6H. The molecule has 198 valence electrons. The van der Waals surface area contributed by atoms with Gasteiger partial charge in [-0.25, -0.2) is 9.50 Å². The zero-order valence-electron chi connectivity index (χ0n) is 21.9. The lowest BCUT2D eigenvalue weighted by Gasteiger charge is -2.24. The van der Waals surface area contributed by atoms with Crippen molar-refractivity contribution < 1.29 is 4.79 Å². The Morgan fingerprint density at radius 3 is 2.78 bits per heavy atom. The summed E-state index contributed by atoms with van der Waals surface area (Å²) in [4.78, 5) is 21.4. The van der Waals surface area contributed by atoms with Crippen LogP contribution < -0.4 is 0 Å². The Bertz CT molecular complexity index is 2160. The highest BCUT2D eigenvalue weighted by molar-refractivity contribution is 9.10. The maximum Gasteiger partial charge on any atom is 0.186 e. The highest BCUT2D eigenvalue weighted by Crippen LogP contribution is 2.35. The second kappa shape index (κ2) is 10.3. The Labute approximate surface area is 243 Å². The summed E-state index contributed by atoms with van der Waals surface area (Å²) in [5.74, 6) is 0.0737. The Morgan fingerprint density at radius 2 is 1.88 bits per heavy atom. The van der Waals surface area contributed by atoms with Crippen LogP contribution in [0.2, 0.25) is 0 Å². The molecule has 0 aliphatic heterocycles. The molecule has 7 aromatic rings. The van der Waals surface area contributed by atoms with Gasteiger partial charge in [0, 0.05) is 36.8 Å². The molecule has 3 aromatic carbocycles. The number of rotatable bonds is 2. The number of ketones is 1. The minimum atomic E-state index is -0.0382. The van der Waals surface area contributed by atoms with E-state index in [1.54, 1.807) is 45.8 Å². The molecule has 0 N–H and O–H groups in total. The Hall–Kier alpha value is -4.87. The van der Waals surface area contributed by atoms with Crippen molar-refractivity contribution in [3.05, 3.63) is 125 Å². The number of halogens is 1. The lowest BCUT2D eigenvalue weighted by atomic mass is 9.79. The van der Waals surface area contributed by atoms with E-state index < -0.39 is 0 Å².